The highest BCUT2D eigenvalue weighted by atomic mass is 35.5. The van der Waals surface area contributed by atoms with Crippen LogP contribution in [0.5, 0.6) is 0 Å². The molecule has 0 saturated carbocycles. The quantitative estimate of drug-likeness (QED) is 0.547. The van der Waals surface area contributed by atoms with Crippen LogP contribution in [0.2, 0.25) is 10.0 Å². The van der Waals surface area contributed by atoms with E-state index in [1.165, 1.54) is 0 Å². The van der Waals surface area contributed by atoms with Crippen LogP contribution < -0.4 is 5.32 Å². The minimum atomic E-state index is -3.50. The SMILES string of the molecule is CS(=O)(=O)N(CC(=O)NCCSCc1c(Cl)cccc1Cl)Cc1ccccc1. The first-order valence-electron chi connectivity index (χ1n) is 8.53. The molecule has 0 heterocycles. The zero-order chi connectivity index (χ0) is 20.6. The Bertz CT molecular complexity index is 873. The van der Waals surface area contributed by atoms with E-state index in [1.807, 2.05) is 30.3 Å². The maximum Gasteiger partial charge on any atom is 0.235 e. The van der Waals surface area contributed by atoms with Gasteiger partial charge in [-0.2, -0.15) is 16.1 Å². The van der Waals surface area contributed by atoms with Gasteiger partial charge in [0.2, 0.25) is 15.9 Å². The maximum atomic E-state index is 12.2. The lowest BCUT2D eigenvalue weighted by atomic mass is 10.2. The second kappa shape index (κ2) is 11.1. The van der Waals surface area contributed by atoms with Crippen LogP contribution in [0.25, 0.3) is 0 Å². The van der Waals surface area contributed by atoms with Crippen molar-refractivity contribution in [3.8, 4) is 0 Å². The van der Waals surface area contributed by atoms with Crippen molar-refractivity contribution >= 4 is 50.9 Å². The molecular formula is C19H22Cl2N2O3S2. The van der Waals surface area contributed by atoms with Gasteiger partial charge in [0.1, 0.15) is 0 Å². The first-order valence-corrected chi connectivity index (χ1v) is 12.3. The van der Waals surface area contributed by atoms with Crippen molar-refractivity contribution in [2.75, 3.05) is 25.1 Å². The predicted octanol–water partition coefficient (Wildman–Crippen LogP) is 3.80. The van der Waals surface area contributed by atoms with Gasteiger partial charge in [0.25, 0.3) is 0 Å². The first-order chi connectivity index (χ1) is 13.3. The number of nitrogens with zero attached hydrogens (tertiary/aromatic N) is 1. The van der Waals surface area contributed by atoms with Crippen molar-refractivity contribution in [3.63, 3.8) is 0 Å². The number of hydrogen-bond acceptors (Lipinski definition) is 4. The molecule has 0 saturated heterocycles. The van der Waals surface area contributed by atoms with Gasteiger partial charge in [0.15, 0.2) is 0 Å². The Labute approximate surface area is 180 Å². The molecule has 5 nitrogen and oxygen atoms in total. The molecule has 1 amide bonds. The molecule has 0 unspecified atom stereocenters. The van der Waals surface area contributed by atoms with Gasteiger partial charge in [0.05, 0.1) is 12.8 Å². The highest BCUT2D eigenvalue weighted by Crippen LogP contribution is 2.27. The summed E-state index contributed by atoms with van der Waals surface area (Å²) in [5, 5.41) is 3.99. The van der Waals surface area contributed by atoms with Gasteiger partial charge in [-0.25, -0.2) is 8.42 Å². The van der Waals surface area contributed by atoms with Gasteiger partial charge in [-0.3, -0.25) is 4.79 Å². The maximum absolute atomic E-state index is 12.2. The Hall–Kier alpha value is -1.25. The number of thioether (sulfide) groups is 1. The molecule has 0 aliphatic heterocycles. The van der Waals surface area contributed by atoms with E-state index in [9.17, 15) is 13.2 Å². The summed E-state index contributed by atoms with van der Waals surface area (Å²) in [6.45, 7) is 0.371. The Balaban J connectivity index is 1.78. The lowest BCUT2D eigenvalue weighted by molar-refractivity contribution is -0.121. The average Bonchev–Trinajstić information content (AvgIpc) is 2.63. The lowest BCUT2D eigenvalue weighted by Crippen LogP contribution is -2.40. The largest absolute Gasteiger partial charge is 0.354 e. The van der Waals surface area contributed by atoms with Gasteiger partial charge in [-0.1, -0.05) is 59.6 Å². The third-order valence-corrected chi connectivity index (χ3v) is 6.76. The van der Waals surface area contributed by atoms with Gasteiger partial charge in [0, 0.05) is 34.6 Å². The number of carbonyl (C=O) groups is 1. The number of carbonyl (C=O) groups excluding carboxylic acids is 1. The second-order valence-corrected chi connectivity index (χ2v) is 10.0. The molecular weight excluding hydrogens is 439 g/mol. The van der Waals surface area contributed by atoms with Gasteiger partial charge in [-0.15, -0.1) is 0 Å². The van der Waals surface area contributed by atoms with E-state index in [0.717, 1.165) is 21.7 Å². The summed E-state index contributed by atoms with van der Waals surface area (Å²) in [6, 6.07) is 14.5. The fraction of sp³-hybridized carbons (Fsp3) is 0.316. The molecule has 0 fully saturated rings. The van der Waals surface area contributed by atoms with Crippen molar-refractivity contribution in [1.82, 2.24) is 9.62 Å². The van der Waals surface area contributed by atoms with Crippen molar-refractivity contribution in [1.29, 1.82) is 0 Å². The third-order valence-electron chi connectivity index (χ3n) is 3.87. The molecule has 0 aromatic heterocycles. The topological polar surface area (TPSA) is 66.5 Å². The van der Waals surface area contributed by atoms with Crippen LogP contribution >= 0.6 is 35.0 Å². The van der Waals surface area contributed by atoms with Crippen LogP contribution in [0.3, 0.4) is 0 Å². The van der Waals surface area contributed by atoms with Crippen LogP contribution in [0.1, 0.15) is 11.1 Å². The van der Waals surface area contributed by atoms with E-state index in [1.54, 1.807) is 30.0 Å². The molecule has 1 N–H and O–H groups in total. The standard InChI is InChI=1S/C19H22Cl2N2O3S2/c1-28(25,26)23(12-15-6-3-2-4-7-15)13-19(24)22-10-11-27-14-16-17(20)8-5-9-18(16)21/h2-9H,10-14H2,1H3,(H,22,24). The van der Waals surface area contributed by atoms with Crippen LogP contribution in [-0.4, -0.2) is 43.7 Å². The van der Waals surface area contributed by atoms with Gasteiger partial charge in [-0.05, 0) is 23.3 Å². The smallest absolute Gasteiger partial charge is 0.235 e. The molecule has 2 rings (SSSR count). The molecule has 0 aliphatic rings. The van der Waals surface area contributed by atoms with Crippen molar-refractivity contribution in [2.24, 2.45) is 0 Å². The van der Waals surface area contributed by atoms with E-state index in [2.05, 4.69) is 5.32 Å². The molecule has 0 radical (unpaired) electrons. The number of nitrogens with one attached hydrogen (secondary N) is 1. The fourth-order valence-corrected chi connectivity index (χ4v) is 4.73. The van der Waals surface area contributed by atoms with Crippen molar-refractivity contribution in [3.05, 3.63) is 69.7 Å². The number of benzene rings is 2. The highest BCUT2D eigenvalue weighted by molar-refractivity contribution is 7.98. The Kier molecular flexibility index (Phi) is 9.11. The number of amides is 1. The summed E-state index contributed by atoms with van der Waals surface area (Å²) in [7, 11) is -3.50. The first kappa shape index (κ1) is 23.0. The number of hydrogen-bond donors (Lipinski definition) is 1. The molecule has 152 valence electrons. The number of sulfonamides is 1. The zero-order valence-electron chi connectivity index (χ0n) is 15.4. The van der Waals surface area contributed by atoms with Crippen molar-refractivity contribution < 1.29 is 13.2 Å². The summed E-state index contributed by atoms with van der Waals surface area (Å²) in [5.74, 6) is 0.959. The van der Waals surface area contributed by atoms with Crippen LogP contribution in [0.4, 0.5) is 0 Å². The summed E-state index contributed by atoms with van der Waals surface area (Å²) >= 11 is 13.8. The summed E-state index contributed by atoms with van der Waals surface area (Å²) < 4.78 is 25.1. The second-order valence-electron chi connectivity index (χ2n) is 6.12. The van der Waals surface area contributed by atoms with E-state index < -0.39 is 10.0 Å². The minimum Gasteiger partial charge on any atom is -0.354 e. The van der Waals surface area contributed by atoms with E-state index in [4.69, 9.17) is 23.2 Å². The molecule has 0 bridgehead atoms. The normalized spacial score (nSPS) is 11.6. The van der Waals surface area contributed by atoms with Gasteiger partial charge < -0.3 is 5.32 Å². The fourth-order valence-electron chi connectivity index (χ4n) is 2.40. The lowest BCUT2D eigenvalue weighted by Gasteiger charge is -2.19. The van der Waals surface area contributed by atoms with Gasteiger partial charge >= 0.3 is 0 Å². The van der Waals surface area contributed by atoms with Crippen LogP contribution in [-0.2, 0) is 27.1 Å². The third kappa shape index (κ3) is 7.64. The molecule has 2 aromatic rings. The molecule has 0 spiro atoms. The molecule has 0 atom stereocenters. The molecule has 2 aromatic carbocycles. The summed E-state index contributed by atoms with van der Waals surface area (Å²) in [6.07, 6.45) is 1.10. The number of halogens is 2. The summed E-state index contributed by atoms with van der Waals surface area (Å²) in [5.41, 5.74) is 1.70. The Morgan fingerprint density at radius 1 is 1.07 bits per heavy atom. The Morgan fingerprint density at radius 2 is 1.71 bits per heavy atom. The molecule has 9 heteroatoms. The average molecular weight is 461 g/mol. The molecule has 0 aliphatic carbocycles. The van der Waals surface area contributed by atoms with Crippen molar-refractivity contribution in [2.45, 2.75) is 12.3 Å². The predicted molar refractivity (Wildman–Crippen MR) is 117 cm³/mol. The molecule has 28 heavy (non-hydrogen) atoms. The monoisotopic (exact) mass is 460 g/mol. The van der Waals surface area contributed by atoms with Crippen LogP contribution in [0, 0.1) is 0 Å². The highest BCUT2D eigenvalue weighted by Gasteiger charge is 2.20. The van der Waals surface area contributed by atoms with E-state index >= 15 is 0 Å². The van der Waals surface area contributed by atoms with E-state index in [0.29, 0.717) is 28.1 Å². The van der Waals surface area contributed by atoms with Crippen LogP contribution in [0.15, 0.2) is 48.5 Å². The minimum absolute atomic E-state index is 0.160. The summed E-state index contributed by atoms with van der Waals surface area (Å²) in [4.78, 5) is 12.2. The Morgan fingerprint density at radius 3 is 2.32 bits per heavy atom. The van der Waals surface area contributed by atoms with E-state index in [-0.39, 0.29) is 19.0 Å². The number of rotatable bonds is 10. The zero-order valence-corrected chi connectivity index (χ0v) is 18.5.